The van der Waals surface area contributed by atoms with Crippen LogP contribution < -0.4 is 0 Å². The quantitative estimate of drug-likeness (QED) is 0.590. The van der Waals surface area contributed by atoms with Crippen molar-refractivity contribution in [2.45, 2.75) is 25.7 Å². The molecule has 3 atom stereocenters. The van der Waals surface area contributed by atoms with Crippen molar-refractivity contribution < 1.29 is 31.1 Å². The van der Waals surface area contributed by atoms with Gasteiger partial charge < -0.3 is 6.92 Å². The molecule has 2 rings (SSSR count). The molecule has 2 fully saturated rings. The maximum atomic E-state index is 4.09. The van der Waals surface area contributed by atoms with E-state index in [-0.39, 0.29) is 31.1 Å². The van der Waals surface area contributed by atoms with Gasteiger partial charge >= 0.3 is 0 Å². The van der Waals surface area contributed by atoms with Crippen LogP contribution in [0, 0.1) is 55.8 Å². The first-order valence-corrected chi connectivity index (χ1v) is 3.72. The molecule has 0 radical (unpaired) electrons. The molecule has 0 aromatic heterocycles. The molecule has 1 unspecified atom stereocenters. The summed E-state index contributed by atoms with van der Waals surface area (Å²) < 4.78 is 0. The molecule has 0 aromatic rings. The van der Waals surface area contributed by atoms with Crippen molar-refractivity contribution >= 4 is 0 Å². The van der Waals surface area contributed by atoms with Gasteiger partial charge in [-0.3, -0.25) is 0 Å². The van der Waals surface area contributed by atoms with Crippen molar-refractivity contribution in [3.63, 3.8) is 0 Å². The summed E-state index contributed by atoms with van der Waals surface area (Å²) in [4.78, 5) is 0. The second-order valence-corrected chi connectivity index (χ2v) is 3.28. The third-order valence-corrected chi connectivity index (χ3v) is 2.83. The molecule has 0 saturated heterocycles. The van der Waals surface area contributed by atoms with E-state index in [4.69, 9.17) is 0 Å². The molecule has 0 heterocycles. The Labute approximate surface area is 81.2 Å². The third-order valence-electron chi connectivity index (χ3n) is 2.83. The van der Waals surface area contributed by atoms with Gasteiger partial charge in [-0.25, -0.2) is 0 Å². The molecule has 9 heavy (non-hydrogen) atoms. The van der Waals surface area contributed by atoms with E-state index in [1.165, 1.54) is 25.7 Å². The van der Waals surface area contributed by atoms with Crippen LogP contribution in [0.2, 0.25) is 0 Å². The van der Waals surface area contributed by atoms with E-state index in [9.17, 15) is 0 Å². The molecule has 0 nitrogen and oxygen atoms in total. The molecule has 2 aliphatic carbocycles. The van der Waals surface area contributed by atoms with Gasteiger partial charge in [0.05, 0.1) is 0 Å². The third kappa shape index (κ3) is 1.38. The molecule has 0 N–H and O–H groups in total. The number of rotatable bonds is 0. The zero-order valence-electron chi connectivity index (χ0n) is 5.77. The second-order valence-electron chi connectivity index (χ2n) is 3.28. The molecule has 0 spiro atoms. The molecule has 0 aromatic carbocycles. The average Bonchev–Trinajstić information content (AvgIpc) is 2.46. The summed E-state index contributed by atoms with van der Waals surface area (Å²) in [5, 5.41) is 0. The maximum absolute atomic E-state index is 4.09. The standard InChI is InChI=1S/C8H13.U/c1-6-7-4-2-3-5-8(6)7;/h6-8H,1-5H2;/q-1;/t6?,7-,8+;. The summed E-state index contributed by atoms with van der Waals surface area (Å²) in [6.07, 6.45) is 5.93. The van der Waals surface area contributed by atoms with Crippen LogP contribution in [0.3, 0.4) is 0 Å². The summed E-state index contributed by atoms with van der Waals surface area (Å²) in [7, 11) is 0. The average molecular weight is 347 g/mol. The fraction of sp³-hybridized carbons (Fsp3) is 0.875. The number of fused-ring (bicyclic) bond motifs is 1. The Kier molecular flexibility index (Phi) is 2.69. The van der Waals surface area contributed by atoms with Crippen molar-refractivity contribution in [1.82, 2.24) is 0 Å². The van der Waals surface area contributed by atoms with Crippen LogP contribution in [0.5, 0.6) is 0 Å². The molecule has 2 saturated carbocycles. The van der Waals surface area contributed by atoms with Gasteiger partial charge in [0.2, 0.25) is 0 Å². The first-order chi connectivity index (χ1) is 3.89. The smallest absolute Gasteiger partial charge is 0 e. The van der Waals surface area contributed by atoms with Gasteiger partial charge in [-0.05, 0) is 0 Å². The summed E-state index contributed by atoms with van der Waals surface area (Å²) in [6.45, 7) is 4.09. The topological polar surface area (TPSA) is 0 Å². The van der Waals surface area contributed by atoms with E-state index >= 15 is 0 Å². The fourth-order valence-electron chi connectivity index (χ4n) is 2.14. The zero-order valence-corrected chi connectivity index (χ0v) is 9.93. The summed E-state index contributed by atoms with van der Waals surface area (Å²) in [6, 6.07) is 0. The van der Waals surface area contributed by atoms with Gasteiger partial charge in [0, 0.05) is 31.1 Å². The van der Waals surface area contributed by atoms with Crippen LogP contribution in [-0.2, 0) is 0 Å². The van der Waals surface area contributed by atoms with E-state index < -0.39 is 0 Å². The molecule has 0 bridgehead atoms. The van der Waals surface area contributed by atoms with Gasteiger partial charge in [-0.2, -0.15) is 5.92 Å². The SMILES string of the molecule is [CH2-]C1[C@H]2CCCC[C@@H]12.[U]. The van der Waals surface area contributed by atoms with Crippen molar-refractivity contribution in [2.24, 2.45) is 17.8 Å². The predicted octanol–water partition coefficient (Wildman–Crippen LogP) is 2.26. The summed E-state index contributed by atoms with van der Waals surface area (Å²) in [5.41, 5.74) is 0. The fourth-order valence-corrected chi connectivity index (χ4v) is 2.14. The van der Waals surface area contributed by atoms with E-state index in [2.05, 4.69) is 6.92 Å². The Balaban J connectivity index is 0.000000405. The van der Waals surface area contributed by atoms with Crippen molar-refractivity contribution in [3.05, 3.63) is 6.92 Å². The molecule has 0 amide bonds. The molecule has 1 heteroatoms. The van der Waals surface area contributed by atoms with Crippen LogP contribution in [0.15, 0.2) is 0 Å². The zero-order chi connectivity index (χ0) is 5.56. The maximum Gasteiger partial charge on any atom is 0 e. The second kappa shape index (κ2) is 2.97. The van der Waals surface area contributed by atoms with Crippen LogP contribution in [0.1, 0.15) is 25.7 Å². The minimum atomic E-state index is 0. The molecule has 50 valence electrons. The Hall–Kier alpha value is 1.05. The Morgan fingerprint density at radius 2 is 1.44 bits per heavy atom. The summed E-state index contributed by atoms with van der Waals surface area (Å²) >= 11 is 0. The van der Waals surface area contributed by atoms with Crippen molar-refractivity contribution in [2.75, 3.05) is 0 Å². The van der Waals surface area contributed by atoms with E-state index in [0.717, 1.165) is 17.8 Å². The first-order valence-electron chi connectivity index (χ1n) is 3.72. The largest absolute Gasteiger partial charge is 0.340 e. The van der Waals surface area contributed by atoms with Crippen LogP contribution in [0.4, 0.5) is 0 Å². The van der Waals surface area contributed by atoms with Crippen LogP contribution in [0.25, 0.3) is 0 Å². The minimum absolute atomic E-state index is 0. The van der Waals surface area contributed by atoms with Crippen molar-refractivity contribution in [3.8, 4) is 0 Å². The number of hydrogen-bond acceptors (Lipinski definition) is 0. The molecule has 0 aliphatic heterocycles. The van der Waals surface area contributed by atoms with Crippen LogP contribution in [-0.4, -0.2) is 0 Å². The minimum Gasteiger partial charge on any atom is -0.340 e. The van der Waals surface area contributed by atoms with Gasteiger partial charge in [-0.15, -0.1) is 0 Å². The Morgan fingerprint density at radius 1 is 1.00 bits per heavy atom. The van der Waals surface area contributed by atoms with E-state index in [1.54, 1.807) is 0 Å². The Morgan fingerprint density at radius 3 is 1.78 bits per heavy atom. The van der Waals surface area contributed by atoms with Crippen LogP contribution >= 0.6 is 0 Å². The molecular formula is C8H13U-. The molecular weight excluding hydrogens is 334 g/mol. The van der Waals surface area contributed by atoms with E-state index in [0.29, 0.717) is 0 Å². The summed E-state index contributed by atoms with van der Waals surface area (Å²) in [5.74, 6) is 2.98. The van der Waals surface area contributed by atoms with Gasteiger partial charge in [0.25, 0.3) is 0 Å². The predicted molar refractivity (Wildman–Crippen MR) is 34.3 cm³/mol. The monoisotopic (exact) mass is 347 g/mol. The molecule has 2 aliphatic rings. The van der Waals surface area contributed by atoms with E-state index in [1.807, 2.05) is 0 Å². The van der Waals surface area contributed by atoms with Gasteiger partial charge in [-0.1, -0.05) is 37.5 Å². The Bertz CT molecular complexity index is 88.7. The number of hydrogen-bond donors (Lipinski definition) is 0. The first kappa shape index (κ1) is 8.15. The van der Waals surface area contributed by atoms with Gasteiger partial charge in [0.1, 0.15) is 0 Å². The van der Waals surface area contributed by atoms with Crippen molar-refractivity contribution in [1.29, 1.82) is 0 Å². The van der Waals surface area contributed by atoms with Gasteiger partial charge in [0.15, 0.2) is 0 Å². The normalized spacial score (nSPS) is 47.0.